The lowest BCUT2D eigenvalue weighted by molar-refractivity contribution is -0.140. The molecule has 0 aliphatic carbocycles. The van der Waals surface area contributed by atoms with Crippen molar-refractivity contribution in [1.82, 2.24) is 0 Å². The molecule has 100 valence electrons. The summed E-state index contributed by atoms with van der Waals surface area (Å²) in [6.07, 6.45) is 8.54. The van der Waals surface area contributed by atoms with Crippen LogP contribution in [0, 0.1) is 5.92 Å². The molecule has 0 aromatic carbocycles. The summed E-state index contributed by atoms with van der Waals surface area (Å²) in [5, 5.41) is 0. The molecule has 0 aliphatic rings. The molecule has 0 N–H and O–H groups in total. The highest BCUT2D eigenvalue weighted by Gasteiger charge is 2.11. The molecule has 1 unspecified atom stereocenters. The van der Waals surface area contributed by atoms with Crippen LogP contribution in [0.3, 0.4) is 0 Å². The van der Waals surface area contributed by atoms with Gasteiger partial charge in [-0.25, -0.2) is 4.79 Å². The van der Waals surface area contributed by atoms with Crippen molar-refractivity contribution in [1.29, 1.82) is 0 Å². The molecule has 1 atom stereocenters. The van der Waals surface area contributed by atoms with Gasteiger partial charge in [-0.2, -0.15) is 0 Å². The number of carbonyl (C=O) groups excluding carboxylic acids is 1. The summed E-state index contributed by atoms with van der Waals surface area (Å²) in [6.45, 7) is 10.3. The first kappa shape index (κ1) is 16.2. The molecule has 0 radical (unpaired) electrons. The first-order chi connectivity index (χ1) is 8.11. The molecule has 0 aromatic heterocycles. The number of rotatable bonds is 10. The normalized spacial score (nSPS) is 12.2. The van der Waals surface area contributed by atoms with Crippen molar-refractivity contribution in [3.05, 3.63) is 12.2 Å². The highest BCUT2D eigenvalue weighted by molar-refractivity contribution is 5.86. The molecule has 0 amide bonds. The number of carbonyl (C=O) groups is 1. The van der Waals surface area contributed by atoms with E-state index in [1.807, 2.05) is 0 Å². The van der Waals surface area contributed by atoms with Gasteiger partial charge < -0.3 is 4.74 Å². The number of hydrogen-bond donors (Lipinski definition) is 0. The second-order valence-corrected chi connectivity index (χ2v) is 4.88. The highest BCUT2D eigenvalue weighted by atomic mass is 16.5. The fourth-order valence-electron chi connectivity index (χ4n) is 1.80. The van der Waals surface area contributed by atoms with E-state index >= 15 is 0 Å². The van der Waals surface area contributed by atoms with Crippen LogP contribution >= 0.6 is 0 Å². The van der Waals surface area contributed by atoms with E-state index in [0.717, 1.165) is 0 Å². The van der Waals surface area contributed by atoms with Crippen molar-refractivity contribution in [3.8, 4) is 0 Å². The second-order valence-electron chi connectivity index (χ2n) is 4.88. The zero-order valence-corrected chi connectivity index (χ0v) is 11.8. The largest absolute Gasteiger partial charge is 0.462 e. The van der Waals surface area contributed by atoms with Gasteiger partial charge in [0.15, 0.2) is 0 Å². The van der Waals surface area contributed by atoms with E-state index in [9.17, 15) is 4.79 Å². The Morgan fingerprint density at radius 1 is 1.12 bits per heavy atom. The first-order valence-corrected chi connectivity index (χ1v) is 6.94. The van der Waals surface area contributed by atoms with Crippen LogP contribution in [-0.2, 0) is 9.53 Å². The first-order valence-electron chi connectivity index (χ1n) is 6.94. The van der Waals surface area contributed by atoms with Gasteiger partial charge in [0, 0.05) is 5.57 Å². The lowest BCUT2D eigenvalue weighted by Gasteiger charge is -2.16. The SMILES string of the molecule is C=C(C)C(=O)OCC(CCCC)CCCCC. The van der Waals surface area contributed by atoms with Gasteiger partial charge >= 0.3 is 5.97 Å². The minimum atomic E-state index is -0.248. The molecule has 2 nitrogen and oxygen atoms in total. The topological polar surface area (TPSA) is 26.3 Å². The molecule has 0 fully saturated rings. The van der Waals surface area contributed by atoms with Crippen LogP contribution in [0.25, 0.3) is 0 Å². The summed E-state index contributed by atoms with van der Waals surface area (Å²) < 4.78 is 5.25. The summed E-state index contributed by atoms with van der Waals surface area (Å²) in [6, 6.07) is 0. The van der Waals surface area contributed by atoms with Crippen LogP contribution in [0.2, 0.25) is 0 Å². The van der Waals surface area contributed by atoms with Gasteiger partial charge in [0.25, 0.3) is 0 Å². The van der Waals surface area contributed by atoms with Gasteiger partial charge in [0.1, 0.15) is 0 Å². The van der Waals surface area contributed by atoms with Crippen LogP contribution in [0.4, 0.5) is 0 Å². The van der Waals surface area contributed by atoms with Gasteiger partial charge in [0.05, 0.1) is 6.61 Å². The molecule has 0 aliphatic heterocycles. The standard InChI is InChI=1S/C15H28O2/c1-5-7-9-11-14(10-8-6-2)12-17-15(16)13(3)4/h14H,3,5-12H2,1-2,4H3. The average Bonchev–Trinajstić information content (AvgIpc) is 2.31. The molecule has 17 heavy (non-hydrogen) atoms. The predicted octanol–water partition coefficient (Wildman–Crippen LogP) is 4.49. The van der Waals surface area contributed by atoms with E-state index in [-0.39, 0.29) is 5.97 Å². The van der Waals surface area contributed by atoms with Crippen LogP contribution in [0.15, 0.2) is 12.2 Å². The molecule has 0 aromatic rings. The predicted molar refractivity (Wildman–Crippen MR) is 72.9 cm³/mol. The third-order valence-electron chi connectivity index (χ3n) is 2.98. The van der Waals surface area contributed by atoms with E-state index < -0.39 is 0 Å². The summed E-state index contributed by atoms with van der Waals surface area (Å²) in [7, 11) is 0. The van der Waals surface area contributed by atoms with Gasteiger partial charge in [0.2, 0.25) is 0 Å². The zero-order valence-electron chi connectivity index (χ0n) is 11.8. The van der Waals surface area contributed by atoms with Gasteiger partial charge in [-0.05, 0) is 25.7 Å². The minimum absolute atomic E-state index is 0.248. The Kier molecular flexibility index (Phi) is 9.89. The Morgan fingerprint density at radius 2 is 1.71 bits per heavy atom. The van der Waals surface area contributed by atoms with Crippen molar-refractivity contribution in [2.24, 2.45) is 5.92 Å². The molecule has 0 spiro atoms. The van der Waals surface area contributed by atoms with Crippen molar-refractivity contribution < 1.29 is 9.53 Å². The van der Waals surface area contributed by atoms with Gasteiger partial charge in [-0.15, -0.1) is 0 Å². The maximum atomic E-state index is 11.3. The maximum absolute atomic E-state index is 11.3. The molecule has 0 rings (SSSR count). The van der Waals surface area contributed by atoms with Crippen molar-refractivity contribution in [3.63, 3.8) is 0 Å². The Hall–Kier alpha value is -0.790. The molecule has 0 saturated carbocycles. The number of ether oxygens (including phenoxy) is 1. The van der Waals surface area contributed by atoms with E-state index in [0.29, 0.717) is 18.1 Å². The fraction of sp³-hybridized carbons (Fsp3) is 0.800. The molecule has 2 heteroatoms. The quantitative estimate of drug-likeness (QED) is 0.319. The minimum Gasteiger partial charge on any atom is -0.462 e. The van der Waals surface area contributed by atoms with Gasteiger partial charge in [-0.3, -0.25) is 0 Å². The Balaban J connectivity index is 3.91. The monoisotopic (exact) mass is 240 g/mol. The molecular formula is C15H28O2. The van der Waals surface area contributed by atoms with E-state index in [2.05, 4.69) is 20.4 Å². The summed E-state index contributed by atoms with van der Waals surface area (Å²) in [5.41, 5.74) is 0.493. The summed E-state index contributed by atoms with van der Waals surface area (Å²) in [4.78, 5) is 11.3. The van der Waals surface area contributed by atoms with Crippen molar-refractivity contribution in [2.75, 3.05) is 6.61 Å². The average molecular weight is 240 g/mol. The van der Waals surface area contributed by atoms with Crippen molar-refractivity contribution in [2.45, 2.75) is 65.7 Å². The van der Waals surface area contributed by atoms with E-state index in [1.54, 1.807) is 6.92 Å². The molecule has 0 saturated heterocycles. The molecular weight excluding hydrogens is 212 g/mol. The molecule has 0 bridgehead atoms. The van der Waals surface area contributed by atoms with Crippen LogP contribution in [0.5, 0.6) is 0 Å². The van der Waals surface area contributed by atoms with Crippen molar-refractivity contribution >= 4 is 5.97 Å². The highest BCUT2D eigenvalue weighted by Crippen LogP contribution is 2.17. The zero-order chi connectivity index (χ0) is 13.1. The fourth-order valence-corrected chi connectivity index (χ4v) is 1.80. The number of hydrogen-bond acceptors (Lipinski definition) is 2. The third-order valence-corrected chi connectivity index (χ3v) is 2.98. The van der Waals surface area contributed by atoms with Crippen LogP contribution < -0.4 is 0 Å². The number of unbranched alkanes of at least 4 members (excludes halogenated alkanes) is 3. The second kappa shape index (κ2) is 10.4. The number of esters is 1. The lowest BCUT2D eigenvalue weighted by Crippen LogP contribution is -2.14. The molecule has 0 heterocycles. The Morgan fingerprint density at radius 3 is 2.24 bits per heavy atom. The van der Waals surface area contributed by atoms with Gasteiger partial charge in [-0.1, -0.05) is 52.5 Å². The maximum Gasteiger partial charge on any atom is 0.333 e. The van der Waals surface area contributed by atoms with E-state index in [4.69, 9.17) is 4.74 Å². The Bertz CT molecular complexity index is 221. The summed E-state index contributed by atoms with van der Waals surface area (Å²) >= 11 is 0. The van der Waals surface area contributed by atoms with Crippen LogP contribution in [0.1, 0.15) is 65.7 Å². The smallest absolute Gasteiger partial charge is 0.333 e. The van der Waals surface area contributed by atoms with E-state index in [1.165, 1.54) is 44.9 Å². The summed E-state index contributed by atoms with van der Waals surface area (Å²) in [5.74, 6) is 0.284. The lowest BCUT2D eigenvalue weighted by atomic mass is 9.96. The van der Waals surface area contributed by atoms with Crippen LogP contribution in [-0.4, -0.2) is 12.6 Å². The Labute approximate surface area is 106 Å². The third kappa shape index (κ3) is 8.96.